The Morgan fingerprint density at radius 3 is 2.90 bits per heavy atom. The monoisotopic (exact) mass is 298 g/mol. The standard InChI is InChI=1S/C13H22N4O2S/c1-17-7-4-9(5-8-17)3-6-15-12-10(13(18)19-2)11(14)16-20-12/h9,15H,3-8H2,1-2H3,(H2,14,16). The van der Waals surface area contributed by atoms with Crippen molar-refractivity contribution in [2.24, 2.45) is 5.92 Å². The van der Waals surface area contributed by atoms with Gasteiger partial charge in [0.1, 0.15) is 10.6 Å². The average Bonchev–Trinajstić information content (AvgIpc) is 2.81. The van der Waals surface area contributed by atoms with Gasteiger partial charge in [-0.3, -0.25) is 0 Å². The number of nitrogen functional groups attached to an aromatic ring is 1. The Balaban J connectivity index is 1.84. The number of esters is 1. The molecule has 1 saturated heterocycles. The molecule has 0 atom stereocenters. The Morgan fingerprint density at radius 1 is 1.55 bits per heavy atom. The number of nitrogens with two attached hydrogens (primary N) is 1. The maximum atomic E-state index is 11.6. The van der Waals surface area contributed by atoms with E-state index >= 15 is 0 Å². The van der Waals surface area contributed by atoms with Crippen LogP contribution < -0.4 is 11.1 Å². The lowest BCUT2D eigenvalue weighted by Gasteiger charge is -2.28. The molecule has 1 aromatic heterocycles. The third-order valence-electron chi connectivity index (χ3n) is 3.78. The molecule has 0 radical (unpaired) electrons. The largest absolute Gasteiger partial charge is 0.465 e. The number of nitrogens with one attached hydrogen (secondary N) is 1. The minimum Gasteiger partial charge on any atom is -0.465 e. The molecule has 0 aromatic carbocycles. The van der Waals surface area contributed by atoms with Crippen LogP contribution in [0.1, 0.15) is 29.6 Å². The fourth-order valence-corrected chi connectivity index (χ4v) is 3.19. The Labute approximate surface area is 123 Å². The highest BCUT2D eigenvalue weighted by Crippen LogP contribution is 2.28. The maximum Gasteiger partial charge on any atom is 0.344 e. The molecule has 0 saturated carbocycles. The summed E-state index contributed by atoms with van der Waals surface area (Å²) in [6.07, 6.45) is 3.59. The molecular formula is C13H22N4O2S. The fourth-order valence-electron chi connectivity index (χ4n) is 2.46. The third kappa shape index (κ3) is 3.61. The van der Waals surface area contributed by atoms with Crippen LogP contribution in [0, 0.1) is 5.92 Å². The van der Waals surface area contributed by atoms with Crippen molar-refractivity contribution in [2.75, 3.05) is 44.8 Å². The van der Waals surface area contributed by atoms with Gasteiger partial charge in [0.2, 0.25) is 0 Å². The van der Waals surface area contributed by atoms with Crippen molar-refractivity contribution in [2.45, 2.75) is 19.3 Å². The first-order valence-corrected chi connectivity index (χ1v) is 7.65. The van der Waals surface area contributed by atoms with Crippen LogP contribution in [0.15, 0.2) is 0 Å². The molecule has 112 valence electrons. The van der Waals surface area contributed by atoms with Gasteiger partial charge >= 0.3 is 5.97 Å². The normalized spacial score (nSPS) is 17.1. The average molecular weight is 298 g/mol. The van der Waals surface area contributed by atoms with Gasteiger partial charge in [0.05, 0.1) is 7.11 Å². The van der Waals surface area contributed by atoms with Crippen molar-refractivity contribution in [1.82, 2.24) is 9.27 Å². The lowest BCUT2D eigenvalue weighted by molar-refractivity contribution is 0.0603. The quantitative estimate of drug-likeness (QED) is 0.805. The van der Waals surface area contributed by atoms with E-state index < -0.39 is 5.97 Å². The second-order valence-corrected chi connectivity index (χ2v) is 6.00. The molecule has 0 unspecified atom stereocenters. The molecule has 20 heavy (non-hydrogen) atoms. The van der Waals surface area contributed by atoms with Gasteiger partial charge in [-0.15, -0.1) is 0 Å². The van der Waals surface area contributed by atoms with Gasteiger partial charge in [-0.05, 0) is 56.9 Å². The Kier molecular flexibility index (Phi) is 5.19. The summed E-state index contributed by atoms with van der Waals surface area (Å²) in [5, 5.41) is 3.98. The number of hydrogen-bond acceptors (Lipinski definition) is 7. The van der Waals surface area contributed by atoms with Gasteiger partial charge in [0.25, 0.3) is 0 Å². The van der Waals surface area contributed by atoms with Gasteiger partial charge in [0.15, 0.2) is 5.82 Å². The number of ether oxygens (including phenoxy) is 1. The molecule has 1 aliphatic rings. The van der Waals surface area contributed by atoms with E-state index in [9.17, 15) is 4.79 Å². The fraction of sp³-hybridized carbons (Fsp3) is 0.692. The summed E-state index contributed by atoms with van der Waals surface area (Å²) in [5.41, 5.74) is 6.06. The molecule has 2 heterocycles. The van der Waals surface area contributed by atoms with Crippen molar-refractivity contribution in [3.05, 3.63) is 5.56 Å². The lowest BCUT2D eigenvalue weighted by Crippen LogP contribution is -2.30. The van der Waals surface area contributed by atoms with Crippen molar-refractivity contribution < 1.29 is 9.53 Å². The van der Waals surface area contributed by atoms with Crippen LogP contribution in [0.2, 0.25) is 0 Å². The van der Waals surface area contributed by atoms with Gasteiger partial charge in [-0.1, -0.05) is 0 Å². The van der Waals surface area contributed by atoms with Crippen LogP contribution in [-0.4, -0.2) is 49.0 Å². The summed E-state index contributed by atoms with van der Waals surface area (Å²) in [5.74, 6) is 0.562. The molecule has 3 N–H and O–H groups in total. The zero-order chi connectivity index (χ0) is 14.5. The molecule has 1 aliphatic heterocycles. The van der Waals surface area contributed by atoms with Crippen LogP contribution in [0.5, 0.6) is 0 Å². The van der Waals surface area contributed by atoms with E-state index in [-0.39, 0.29) is 5.82 Å². The van der Waals surface area contributed by atoms with E-state index in [2.05, 4.69) is 21.6 Å². The zero-order valence-electron chi connectivity index (χ0n) is 12.0. The summed E-state index contributed by atoms with van der Waals surface area (Å²) in [7, 11) is 3.51. The molecule has 0 amide bonds. The summed E-state index contributed by atoms with van der Waals surface area (Å²) in [6.45, 7) is 3.18. The van der Waals surface area contributed by atoms with E-state index in [1.807, 2.05) is 0 Å². The van der Waals surface area contributed by atoms with E-state index in [1.54, 1.807) is 0 Å². The molecule has 2 rings (SSSR count). The van der Waals surface area contributed by atoms with Crippen LogP contribution in [-0.2, 0) is 4.74 Å². The minimum atomic E-state index is -0.432. The number of piperidine rings is 1. The summed E-state index contributed by atoms with van der Waals surface area (Å²) in [4.78, 5) is 14.0. The van der Waals surface area contributed by atoms with E-state index in [4.69, 9.17) is 10.5 Å². The minimum absolute atomic E-state index is 0.239. The van der Waals surface area contributed by atoms with Crippen LogP contribution >= 0.6 is 11.5 Å². The van der Waals surface area contributed by atoms with Crippen LogP contribution in [0.4, 0.5) is 10.8 Å². The van der Waals surface area contributed by atoms with Gasteiger partial charge < -0.3 is 20.7 Å². The number of aromatic nitrogens is 1. The van der Waals surface area contributed by atoms with Crippen molar-refractivity contribution in [1.29, 1.82) is 0 Å². The highest BCUT2D eigenvalue weighted by molar-refractivity contribution is 7.11. The zero-order valence-corrected chi connectivity index (χ0v) is 12.8. The third-order valence-corrected chi connectivity index (χ3v) is 4.60. The highest BCUT2D eigenvalue weighted by atomic mass is 32.1. The number of methoxy groups -OCH3 is 1. The predicted molar refractivity (Wildman–Crippen MR) is 81.2 cm³/mol. The van der Waals surface area contributed by atoms with Crippen molar-refractivity contribution in [3.8, 4) is 0 Å². The number of rotatable bonds is 5. The molecule has 7 heteroatoms. The molecule has 1 aromatic rings. The van der Waals surface area contributed by atoms with Crippen molar-refractivity contribution in [3.63, 3.8) is 0 Å². The van der Waals surface area contributed by atoms with Crippen LogP contribution in [0.25, 0.3) is 0 Å². The maximum absolute atomic E-state index is 11.6. The van der Waals surface area contributed by atoms with Gasteiger partial charge in [-0.25, -0.2) is 4.79 Å². The molecule has 0 bridgehead atoms. The Bertz CT molecular complexity index is 455. The number of anilines is 2. The lowest BCUT2D eigenvalue weighted by atomic mass is 9.94. The summed E-state index contributed by atoms with van der Waals surface area (Å²) in [6, 6.07) is 0. The summed E-state index contributed by atoms with van der Waals surface area (Å²) >= 11 is 1.21. The van der Waals surface area contributed by atoms with Gasteiger partial charge in [0, 0.05) is 6.54 Å². The van der Waals surface area contributed by atoms with E-state index in [0.29, 0.717) is 10.6 Å². The summed E-state index contributed by atoms with van der Waals surface area (Å²) < 4.78 is 8.74. The number of nitrogens with zero attached hydrogens (tertiary/aromatic N) is 2. The first-order chi connectivity index (χ1) is 9.61. The van der Waals surface area contributed by atoms with Gasteiger partial charge in [-0.2, -0.15) is 4.37 Å². The van der Waals surface area contributed by atoms with E-state index in [0.717, 1.165) is 18.9 Å². The molecule has 6 nitrogen and oxygen atoms in total. The topological polar surface area (TPSA) is 80.5 Å². The second kappa shape index (κ2) is 6.90. The first kappa shape index (κ1) is 15.1. The Hall–Kier alpha value is -1.34. The number of carbonyl (C=O) groups is 1. The number of hydrogen-bond donors (Lipinski definition) is 2. The number of carbonyl (C=O) groups excluding carboxylic acids is 1. The van der Waals surface area contributed by atoms with Crippen molar-refractivity contribution >= 4 is 28.3 Å². The highest BCUT2D eigenvalue weighted by Gasteiger charge is 2.20. The van der Waals surface area contributed by atoms with Crippen LogP contribution in [0.3, 0.4) is 0 Å². The molecule has 0 spiro atoms. The van der Waals surface area contributed by atoms with E-state index in [1.165, 1.54) is 44.6 Å². The molecule has 0 aliphatic carbocycles. The Morgan fingerprint density at radius 2 is 2.25 bits per heavy atom. The molecular weight excluding hydrogens is 276 g/mol. The molecule has 1 fully saturated rings. The predicted octanol–water partition coefficient (Wildman–Crippen LogP) is 1.66. The second-order valence-electron chi connectivity index (χ2n) is 5.23. The number of likely N-dealkylation sites (tertiary alicyclic amines) is 1. The first-order valence-electron chi connectivity index (χ1n) is 6.87. The smallest absolute Gasteiger partial charge is 0.344 e. The SMILES string of the molecule is COC(=O)c1c(N)nsc1NCCC1CCN(C)CC1.